The summed E-state index contributed by atoms with van der Waals surface area (Å²) in [5.41, 5.74) is 1.95. The smallest absolute Gasteiger partial charge is 0.403 e. The molecule has 20 heteroatoms. The Labute approximate surface area is 355 Å². The predicted molar refractivity (Wildman–Crippen MR) is 225 cm³/mol. The monoisotopic (exact) mass is 894 g/mol. The Morgan fingerprint density at radius 3 is 1.39 bits per heavy atom. The number of aryl methyl sites for hydroxylation is 2. The molecule has 18 nitrogen and oxygen atoms in total. The minimum absolute atomic E-state index is 0.0781. The van der Waals surface area contributed by atoms with Crippen molar-refractivity contribution in [2.24, 2.45) is 0 Å². The van der Waals surface area contributed by atoms with Crippen LogP contribution in [0.2, 0.25) is 0 Å². The van der Waals surface area contributed by atoms with Gasteiger partial charge >= 0.3 is 27.0 Å². The number of rotatable bonds is 9. The van der Waals surface area contributed by atoms with Gasteiger partial charge in [0.15, 0.2) is 12.5 Å². The van der Waals surface area contributed by atoms with Crippen LogP contribution in [0.25, 0.3) is 11.1 Å². The van der Waals surface area contributed by atoms with Gasteiger partial charge in [-0.15, -0.1) is 0 Å². The average molecular weight is 895 g/mol. The number of fused-ring (bicyclic) bond motifs is 2. The predicted octanol–water partition coefficient (Wildman–Crippen LogP) is 6.64. The van der Waals surface area contributed by atoms with Crippen LogP contribution in [-0.2, 0) is 60.7 Å². The number of phosphoric ester groups is 2. The van der Waals surface area contributed by atoms with Gasteiger partial charge in [-0.1, -0.05) is 53.7 Å². The maximum Gasteiger partial charge on any atom is 0.530 e. The first-order valence-corrected chi connectivity index (χ1v) is 22.8. The van der Waals surface area contributed by atoms with Crippen LogP contribution < -0.4 is 31.5 Å². The topological polar surface area (TPSA) is 218 Å². The summed E-state index contributed by atoms with van der Waals surface area (Å²) in [6.07, 6.45) is 6.47. The van der Waals surface area contributed by atoms with E-state index < -0.39 is 73.6 Å². The highest BCUT2D eigenvalue weighted by atomic mass is 31.2. The van der Waals surface area contributed by atoms with Gasteiger partial charge in [-0.05, 0) is 72.2 Å². The maximum absolute atomic E-state index is 13.9. The van der Waals surface area contributed by atoms with Crippen LogP contribution in [0.5, 0.6) is 11.5 Å². The van der Waals surface area contributed by atoms with Crippen LogP contribution in [0.15, 0.2) is 80.1 Å². The second-order valence-corrected chi connectivity index (χ2v) is 20.8. The number of aromatic nitrogens is 4. The molecule has 2 aromatic carbocycles. The first-order chi connectivity index (χ1) is 29.1. The number of nitrogens with one attached hydrogen (secondary N) is 2. The highest BCUT2D eigenvalue weighted by Crippen LogP contribution is 2.59. The summed E-state index contributed by atoms with van der Waals surface area (Å²) in [7, 11) is -8.26. The molecule has 0 radical (unpaired) electrons. The molecule has 62 heavy (non-hydrogen) atoms. The average Bonchev–Trinajstić information content (AvgIpc) is 3.88. The standard InChI is InChI=1S/C42H48N4O14P2/c1-23-17-45(39(49)43-37(23)47)33-11-9-29(57-33)21-55-61(51)53-19-27-13-25(15-31(35(27)59-61)41(3,4)5)26-14-28-20-54-62(52,60-36(28)32(16-26)42(6,7)8)56-22-30-10-12-34(58-30)46-18-24(2)38(48)44-40(46)50/h9-18,29-30,33-34H,19-22H2,1-8H3,(H,43,47,49)(H,44,48,50)/t29-,30-,33+,34+,61?,62?/m0/s1. The van der Waals surface area contributed by atoms with E-state index in [-0.39, 0.29) is 26.4 Å². The molecule has 0 saturated heterocycles. The van der Waals surface area contributed by atoms with Crippen LogP contribution in [0.1, 0.15) is 87.4 Å². The SMILES string of the molecule is Cc1cn([C@H]2C=C[C@@H](COP3(=O)OCc4cc(-c5cc6c(c(C(C)(C)C)c5)OP(=O)(OC[C@@H]5C=C[C@H](n7cc(C)c(=O)[nH]c7=O)O5)OC6)cc(C(C)(C)C)c4O3)O2)c(=O)[nH]c1=O. The molecule has 6 heterocycles. The summed E-state index contributed by atoms with van der Waals surface area (Å²) in [5, 5.41) is 0. The van der Waals surface area contributed by atoms with Crippen molar-refractivity contribution in [3.05, 3.63) is 136 Å². The number of ether oxygens (including phenoxy) is 2. The van der Waals surface area contributed by atoms with Gasteiger partial charge in [-0.25, -0.2) is 18.7 Å². The van der Waals surface area contributed by atoms with E-state index >= 15 is 0 Å². The molecule has 4 aromatic rings. The molecule has 0 bridgehead atoms. The fourth-order valence-corrected chi connectivity index (χ4v) is 9.81. The minimum Gasteiger partial charge on any atom is -0.403 e. The number of phosphoric acid groups is 2. The number of hydrogen-bond donors (Lipinski definition) is 2. The third-order valence-electron chi connectivity index (χ3n) is 10.7. The zero-order valence-electron chi connectivity index (χ0n) is 35.4. The summed E-state index contributed by atoms with van der Waals surface area (Å²) in [4.78, 5) is 52.9. The lowest BCUT2D eigenvalue weighted by molar-refractivity contribution is -0.0131. The Balaban J connectivity index is 0.984. The van der Waals surface area contributed by atoms with Crippen molar-refractivity contribution in [1.29, 1.82) is 0 Å². The third-order valence-corrected chi connectivity index (χ3v) is 13.3. The molecule has 6 atom stereocenters. The van der Waals surface area contributed by atoms with E-state index in [4.69, 9.17) is 36.6 Å². The van der Waals surface area contributed by atoms with E-state index in [1.807, 2.05) is 65.8 Å². The molecule has 4 aliphatic rings. The number of benzene rings is 2. The van der Waals surface area contributed by atoms with Gasteiger partial charge in [0.05, 0.1) is 26.4 Å². The zero-order valence-corrected chi connectivity index (χ0v) is 37.2. The summed E-state index contributed by atoms with van der Waals surface area (Å²) < 4.78 is 77.5. The highest BCUT2D eigenvalue weighted by molar-refractivity contribution is 7.49. The molecule has 0 saturated carbocycles. The molecule has 2 unspecified atom stereocenters. The normalized spacial score (nSPS) is 25.6. The van der Waals surface area contributed by atoms with Crippen molar-refractivity contribution in [2.75, 3.05) is 13.2 Å². The van der Waals surface area contributed by atoms with Crippen molar-refractivity contribution < 1.29 is 45.7 Å². The van der Waals surface area contributed by atoms with Crippen LogP contribution in [0.4, 0.5) is 0 Å². The second-order valence-electron chi connectivity index (χ2n) is 17.6. The van der Waals surface area contributed by atoms with Crippen molar-refractivity contribution in [3.8, 4) is 22.6 Å². The molecular weight excluding hydrogens is 846 g/mol. The van der Waals surface area contributed by atoms with Crippen molar-refractivity contribution in [2.45, 2.75) is 104 Å². The largest absolute Gasteiger partial charge is 0.530 e. The Morgan fingerprint density at radius 1 is 0.629 bits per heavy atom. The van der Waals surface area contributed by atoms with Gasteiger partial charge in [0.2, 0.25) is 0 Å². The number of H-pyrrole nitrogens is 2. The van der Waals surface area contributed by atoms with Gasteiger partial charge in [0.25, 0.3) is 11.1 Å². The second kappa shape index (κ2) is 16.0. The minimum atomic E-state index is -4.13. The van der Waals surface area contributed by atoms with E-state index in [2.05, 4.69) is 9.97 Å². The molecule has 330 valence electrons. The summed E-state index contributed by atoms with van der Waals surface area (Å²) in [6.45, 7) is 14.7. The van der Waals surface area contributed by atoms with E-state index in [9.17, 15) is 28.3 Å². The van der Waals surface area contributed by atoms with Gasteiger partial charge in [0.1, 0.15) is 23.7 Å². The molecule has 0 aliphatic carbocycles. The summed E-state index contributed by atoms with van der Waals surface area (Å²) in [6, 6.07) is 7.76. The van der Waals surface area contributed by atoms with Crippen molar-refractivity contribution in [3.63, 3.8) is 0 Å². The fourth-order valence-electron chi connectivity index (χ4n) is 7.32. The quantitative estimate of drug-likeness (QED) is 0.133. The molecular formula is C42H48N4O14P2. The van der Waals surface area contributed by atoms with E-state index in [1.54, 1.807) is 38.2 Å². The summed E-state index contributed by atoms with van der Waals surface area (Å²) >= 11 is 0. The molecule has 4 aliphatic heterocycles. The van der Waals surface area contributed by atoms with Gasteiger partial charge in [-0.2, -0.15) is 0 Å². The van der Waals surface area contributed by atoms with E-state index in [0.717, 1.165) is 22.3 Å². The van der Waals surface area contributed by atoms with Gasteiger partial charge in [0, 0.05) is 45.8 Å². The Hall–Kier alpha value is -4.90. The van der Waals surface area contributed by atoms with Crippen LogP contribution in [0, 0.1) is 13.8 Å². The molecule has 0 amide bonds. The maximum atomic E-state index is 13.9. The lowest BCUT2D eigenvalue weighted by Crippen LogP contribution is -2.33. The Morgan fingerprint density at radius 2 is 1.02 bits per heavy atom. The third kappa shape index (κ3) is 8.84. The van der Waals surface area contributed by atoms with Gasteiger partial charge in [-0.3, -0.25) is 46.8 Å². The highest BCUT2D eigenvalue weighted by Gasteiger charge is 2.41. The lowest BCUT2D eigenvalue weighted by atomic mass is 9.81. The molecule has 2 N–H and O–H groups in total. The molecule has 2 aromatic heterocycles. The van der Waals surface area contributed by atoms with Crippen molar-refractivity contribution in [1.82, 2.24) is 19.1 Å². The molecule has 0 spiro atoms. The first kappa shape index (κ1) is 43.7. The van der Waals surface area contributed by atoms with Crippen molar-refractivity contribution >= 4 is 15.6 Å². The Bertz CT molecular complexity index is 2670. The molecule has 0 fully saturated rings. The van der Waals surface area contributed by atoms with Gasteiger partial charge < -0.3 is 18.5 Å². The number of hydrogen-bond acceptors (Lipinski definition) is 14. The molecule has 8 rings (SSSR count). The van der Waals surface area contributed by atoms with Crippen LogP contribution >= 0.6 is 15.6 Å². The summed E-state index contributed by atoms with van der Waals surface area (Å²) in [5.74, 6) is 0.776. The zero-order chi connectivity index (χ0) is 44.5. The van der Waals surface area contributed by atoms with E-state index in [1.165, 1.54) is 21.5 Å². The fraction of sp³-hybridized carbons (Fsp3) is 0.429. The van der Waals surface area contributed by atoms with E-state index in [0.29, 0.717) is 33.8 Å². The number of nitrogens with zero attached hydrogens (tertiary/aromatic N) is 2. The Kier molecular flexibility index (Phi) is 11.3. The van der Waals surface area contributed by atoms with Crippen LogP contribution in [0.3, 0.4) is 0 Å². The van der Waals surface area contributed by atoms with Crippen LogP contribution in [-0.4, -0.2) is 44.5 Å². The first-order valence-electron chi connectivity index (χ1n) is 19.9. The lowest BCUT2D eigenvalue weighted by Gasteiger charge is -2.33. The number of aromatic amines is 2.